The summed E-state index contributed by atoms with van der Waals surface area (Å²) in [6, 6.07) is 0.213. The molecule has 2 amide bonds. The minimum Gasteiger partial charge on any atom is -0.338 e. The molecule has 2 fully saturated rings. The third-order valence-corrected chi connectivity index (χ3v) is 5.22. The van der Waals surface area contributed by atoms with E-state index in [2.05, 4.69) is 0 Å². The summed E-state index contributed by atoms with van der Waals surface area (Å²) < 4.78 is 40.1. The molecule has 3 rings (SSSR count). The molecule has 5 nitrogen and oxygen atoms in total. The molecule has 2 atom stereocenters. The van der Waals surface area contributed by atoms with Crippen LogP contribution in [-0.4, -0.2) is 52.8 Å². The van der Waals surface area contributed by atoms with Crippen LogP contribution in [0.5, 0.6) is 0 Å². The number of carbonyl (C=O) groups excluding carboxylic acids is 2. The van der Waals surface area contributed by atoms with Crippen LogP contribution in [0.2, 0.25) is 0 Å². The van der Waals surface area contributed by atoms with Gasteiger partial charge in [0.15, 0.2) is 11.6 Å². The predicted octanol–water partition coefficient (Wildman–Crippen LogP) is 1.98. The largest absolute Gasteiger partial charge is 0.338 e. The average Bonchev–Trinajstić information content (AvgIpc) is 3.43. The quantitative estimate of drug-likeness (QED) is 0.791. The van der Waals surface area contributed by atoms with Gasteiger partial charge >= 0.3 is 0 Å². The summed E-state index contributed by atoms with van der Waals surface area (Å²) >= 11 is 0. The number of benzene rings is 1. The molecule has 1 aliphatic heterocycles. The molecule has 1 aliphatic carbocycles. The Bertz CT molecular complexity index is 739. The minimum absolute atomic E-state index is 0.0522. The maximum atomic E-state index is 13.8. The van der Waals surface area contributed by atoms with Gasteiger partial charge in [0, 0.05) is 37.7 Å². The van der Waals surface area contributed by atoms with Crippen molar-refractivity contribution in [2.24, 2.45) is 5.73 Å². The van der Waals surface area contributed by atoms with Crippen molar-refractivity contribution in [3.05, 3.63) is 35.1 Å². The zero-order valence-electron chi connectivity index (χ0n) is 15.3. The standard InChI is InChI=1S/C19H24F3N3O2/c1-11-19(27)25(14-3-4-14)6-2-5-24(11)18(26)9-13(23)7-12-8-16(21)17(22)10-15(12)20/h8,10-11,13-14H,2-7,9,23H2,1H3/t11-,13-/m1/s1. The van der Waals surface area contributed by atoms with E-state index < -0.39 is 29.5 Å². The Hall–Kier alpha value is -2.09. The van der Waals surface area contributed by atoms with Gasteiger partial charge in [-0.3, -0.25) is 9.59 Å². The molecule has 1 heterocycles. The first-order valence-corrected chi connectivity index (χ1v) is 9.27. The van der Waals surface area contributed by atoms with Gasteiger partial charge in [-0.25, -0.2) is 13.2 Å². The van der Waals surface area contributed by atoms with Crippen LogP contribution in [0.25, 0.3) is 0 Å². The molecular formula is C19H24F3N3O2. The van der Waals surface area contributed by atoms with Crippen LogP contribution in [0, 0.1) is 17.5 Å². The Morgan fingerprint density at radius 1 is 1.19 bits per heavy atom. The van der Waals surface area contributed by atoms with E-state index in [-0.39, 0.29) is 30.2 Å². The summed E-state index contributed by atoms with van der Waals surface area (Å²) in [5, 5.41) is 0. The summed E-state index contributed by atoms with van der Waals surface area (Å²) in [5.74, 6) is -3.65. The Balaban J connectivity index is 1.62. The van der Waals surface area contributed by atoms with Crippen LogP contribution in [0.1, 0.15) is 38.2 Å². The highest BCUT2D eigenvalue weighted by molar-refractivity contribution is 5.88. The van der Waals surface area contributed by atoms with Crippen molar-refractivity contribution in [1.82, 2.24) is 9.80 Å². The number of nitrogens with zero attached hydrogens (tertiary/aromatic N) is 2. The van der Waals surface area contributed by atoms with E-state index in [9.17, 15) is 22.8 Å². The molecule has 0 aromatic heterocycles. The molecule has 0 bridgehead atoms. The van der Waals surface area contributed by atoms with E-state index in [0.717, 1.165) is 18.9 Å². The maximum absolute atomic E-state index is 13.8. The van der Waals surface area contributed by atoms with Crippen molar-refractivity contribution in [3.63, 3.8) is 0 Å². The first-order chi connectivity index (χ1) is 12.8. The van der Waals surface area contributed by atoms with Gasteiger partial charge in [0.2, 0.25) is 11.8 Å². The third kappa shape index (κ3) is 4.43. The molecule has 8 heteroatoms. The highest BCUT2D eigenvalue weighted by atomic mass is 19.2. The van der Waals surface area contributed by atoms with Gasteiger partial charge in [-0.2, -0.15) is 0 Å². The Morgan fingerprint density at radius 3 is 2.52 bits per heavy atom. The fourth-order valence-corrected chi connectivity index (χ4v) is 3.59. The molecule has 1 saturated carbocycles. The fourth-order valence-electron chi connectivity index (χ4n) is 3.59. The molecule has 0 unspecified atom stereocenters. The Labute approximate surface area is 156 Å². The van der Waals surface area contributed by atoms with Gasteiger partial charge in [-0.15, -0.1) is 0 Å². The lowest BCUT2D eigenvalue weighted by Gasteiger charge is -2.29. The van der Waals surface area contributed by atoms with E-state index >= 15 is 0 Å². The second-order valence-corrected chi connectivity index (χ2v) is 7.41. The zero-order valence-corrected chi connectivity index (χ0v) is 15.3. The molecule has 148 valence electrons. The second-order valence-electron chi connectivity index (χ2n) is 7.41. The van der Waals surface area contributed by atoms with Crippen LogP contribution >= 0.6 is 0 Å². The summed E-state index contributed by atoms with van der Waals surface area (Å²) in [4.78, 5) is 28.6. The van der Waals surface area contributed by atoms with Crippen molar-refractivity contribution < 1.29 is 22.8 Å². The van der Waals surface area contributed by atoms with Crippen LogP contribution in [0.3, 0.4) is 0 Å². The number of hydrogen-bond acceptors (Lipinski definition) is 3. The van der Waals surface area contributed by atoms with Crippen molar-refractivity contribution in [3.8, 4) is 0 Å². The lowest BCUT2D eigenvalue weighted by atomic mass is 10.0. The molecule has 2 aliphatic rings. The van der Waals surface area contributed by atoms with Gasteiger partial charge in [0.05, 0.1) is 0 Å². The van der Waals surface area contributed by atoms with Gasteiger partial charge in [-0.1, -0.05) is 0 Å². The maximum Gasteiger partial charge on any atom is 0.245 e. The van der Waals surface area contributed by atoms with Gasteiger partial charge < -0.3 is 15.5 Å². The number of hydrogen-bond donors (Lipinski definition) is 1. The van der Waals surface area contributed by atoms with Crippen molar-refractivity contribution in [2.45, 2.75) is 57.2 Å². The smallest absolute Gasteiger partial charge is 0.245 e. The number of halogens is 3. The molecule has 1 aromatic carbocycles. The summed E-state index contributed by atoms with van der Waals surface area (Å²) in [6.07, 6.45) is 2.53. The normalized spacial score (nSPS) is 22.0. The highest BCUT2D eigenvalue weighted by Gasteiger charge is 2.39. The van der Waals surface area contributed by atoms with Gasteiger partial charge in [0.25, 0.3) is 0 Å². The van der Waals surface area contributed by atoms with Gasteiger partial charge in [0.1, 0.15) is 11.9 Å². The molecule has 0 spiro atoms. The van der Waals surface area contributed by atoms with E-state index in [0.29, 0.717) is 31.6 Å². The third-order valence-electron chi connectivity index (χ3n) is 5.22. The number of amides is 2. The van der Waals surface area contributed by atoms with Crippen molar-refractivity contribution in [2.75, 3.05) is 13.1 Å². The topological polar surface area (TPSA) is 66.6 Å². The van der Waals surface area contributed by atoms with Crippen molar-refractivity contribution in [1.29, 1.82) is 0 Å². The molecular weight excluding hydrogens is 359 g/mol. The lowest BCUT2D eigenvalue weighted by Crippen LogP contribution is -2.48. The van der Waals surface area contributed by atoms with E-state index in [1.807, 2.05) is 4.90 Å². The second kappa shape index (κ2) is 7.88. The van der Waals surface area contributed by atoms with E-state index in [1.165, 1.54) is 4.90 Å². The first kappa shape index (κ1) is 19.7. The van der Waals surface area contributed by atoms with Crippen molar-refractivity contribution >= 4 is 11.8 Å². The highest BCUT2D eigenvalue weighted by Crippen LogP contribution is 2.29. The molecule has 2 N–H and O–H groups in total. The van der Waals surface area contributed by atoms with Crippen LogP contribution < -0.4 is 5.73 Å². The Morgan fingerprint density at radius 2 is 1.85 bits per heavy atom. The van der Waals surface area contributed by atoms with E-state index in [4.69, 9.17) is 5.73 Å². The monoisotopic (exact) mass is 383 g/mol. The Kier molecular flexibility index (Phi) is 5.74. The van der Waals surface area contributed by atoms with Crippen LogP contribution in [0.15, 0.2) is 12.1 Å². The molecule has 27 heavy (non-hydrogen) atoms. The molecule has 0 radical (unpaired) electrons. The molecule has 1 saturated heterocycles. The van der Waals surface area contributed by atoms with Crippen LogP contribution in [-0.2, 0) is 16.0 Å². The number of rotatable bonds is 5. The minimum atomic E-state index is -1.27. The first-order valence-electron chi connectivity index (χ1n) is 9.27. The lowest BCUT2D eigenvalue weighted by molar-refractivity contribution is -0.143. The number of carbonyl (C=O) groups is 2. The molecule has 1 aromatic rings. The van der Waals surface area contributed by atoms with Crippen LogP contribution in [0.4, 0.5) is 13.2 Å². The average molecular weight is 383 g/mol. The summed E-state index contributed by atoms with van der Waals surface area (Å²) in [5.41, 5.74) is 5.87. The SMILES string of the molecule is C[C@@H]1C(=O)N(C2CC2)CCCN1C(=O)C[C@H](N)Cc1cc(F)c(F)cc1F. The van der Waals surface area contributed by atoms with E-state index in [1.54, 1.807) is 6.92 Å². The fraction of sp³-hybridized carbons (Fsp3) is 0.579. The summed E-state index contributed by atoms with van der Waals surface area (Å²) in [6.45, 7) is 2.81. The predicted molar refractivity (Wildman–Crippen MR) is 93.1 cm³/mol. The van der Waals surface area contributed by atoms with Gasteiger partial charge in [-0.05, 0) is 44.2 Å². The zero-order chi connectivity index (χ0) is 19.7. The number of nitrogens with two attached hydrogens (primary N) is 1. The summed E-state index contributed by atoms with van der Waals surface area (Å²) in [7, 11) is 0.